The van der Waals surface area contributed by atoms with Crippen molar-refractivity contribution >= 4 is 44.7 Å². The maximum Gasteiger partial charge on any atom is 0.408 e. The lowest BCUT2D eigenvalue weighted by atomic mass is 10.0. The van der Waals surface area contributed by atoms with Crippen molar-refractivity contribution in [2.75, 3.05) is 13.7 Å². The van der Waals surface area contributed by atoms with Crippen molar-refractivity contribution < 1.29 is 41.8 Å². The van der Waals surface area contributed by atoms with E-state index in [1.807, 2.05) is 42.5 Å². The molecule has 7 rings (SSSR count). The van der Waals surface area contributed by atoms with E-state index in [1.54, 1.807) is 53.9 Å². The number of carbonyl (C=O) groups excluding carboxylic acids is 4. The Morgan fingerprint density at radius 2 is 1.76 bits per heavy atom. The van der Waals surface area contributed by atoms with Gasteiger partial charge in [0.05, 0.1) is 29.6 Å². The molecule has 14 nitrogen and oxygen atoms in total. The fraction of sp³-hybridized carbons (Fsp3) is 0.523. The molecule has 1 aromatic heterocycles. The van der Waals surface area contributed by atoms with E-state index in [0.29, 0.717) is 53.3 Å². The van der Waals surface area contributed by atoms with Crippen LogP contribution >= 0.6 is 0 Å². The van der Waals surface area contributed by atoms with Crippen molar-refractivity contribution in [1.29, 1.82) is 0 Å². The Kier molecular flexibility index (Phi) is 11.2. The average Bonchev–Trinajstić information content (AvgIpc) is 4.13. The first-order valence-corrected chi connectivity index (χ1v) is 21.9. The van der Waals surface area contributed by atoms with Crippen LogP contribution in [0.3, 0.4) is 0 Å². The highest BCUT2D eigenvalue weighted by molar-refractivity contribution is 7.91. The van der Waals surface area contributed by atoms with E-state index in [1.165, 1.54) is 11.0 Å². The van der Waals surface area contributed by atoms with Gasteiger partial charge in [-0.05, 0) is 70.4 Å². The number of fused-ring (bicyclic) bond motifs is 1. The van der Waals surface area contributed by atoms with Gasteiger partial charge in [-0.3, -0.25) is 19.1 Å². The Bertz CT molecular complexity index is 2250. The second-order valence-corrected chi connectivity index (χ2v) is 20.0. The molecule has 3 saturated carbocycles. The number of hydrogen-bond donors (Lipinski definition) is 3. The summed E-state index contributed by atoms with van der Waals surface area (Å²) in [6.07, 6.45) is 3.63. The average molecular weight is 830 g/mol. The first-order valence-electron chi connectivity index (χ1n) is 20.4. The number of sulfonamides is 1. The normalized spacial score (nSPS) is 23.8. The second-order valence-electron chi connectivity index (χ2n) is 17.9. The second kappa shape index (κ2) is 15.8. The smallest absolute Gasteiger partial charge is 0.408 e. The molecular formula is C44H55N5O9S. The molecule has 0 unspecified atom stereocenters. The molecule has 4 aliphatic rings. The molecule has 1 aliphatic heterocycles. The number of alkyl carbamates (subject to hydrolysis) is 1. The Balaban J connectivity index is 1.19. The van der Waals surface area contributed by atoms with E-state index in [4.69, 9.17) is 19.2 Å². The quantitative estimate of drug-likeness (QED) is 0.162. The van der Waals surface area contributed by atoms with Gasteiger partial charge in [0.1, 0.15) is 40.8 Å². The van der Waals surface area contributed by atoms with E-state index >= 15 is 0 Å². The van der Waals surface area contributed by atoms with Crippen LogP contribution in [0.4, 0.5) is 4.79 Å². The number of hydrogen-bond acceptors (Lipinski definition) is 10. The summed E-state index contributed by atoms with van der Waals surface area (Å²) in [5.41, 5.74) is -0.306. The van der Waals surface area contributed by atoms with Crippen molar-refractivity contribution in [3.8, 4) is 22.8 Å². The van der Waals surface area contributed by atoms with Crippen LogP contribution in [0.25, 0.3) is 22.2 Å². The summed E-state index contributed by atoms with van der Waals surface area (Å²) in [4.78, 5) is 62.4. The number of likely N-dealkylation sites (tertiary alicyclic amines) is 1. The van der Waals surface area contributed by atoms with Gasteiger partial charge in [0.15, 0.2) is 0 Å². The monoisotopic (exact) mass is 829 g/mol. The molecule has 2 heterocycles. The summed E-state index contributed by atoms with van der Waals surface area (Å²) in [6, 6.07) is 14.6. The van der Waals surface area contributed by atoms with Gasteiger partial charge >= 0.3 is 6.09 Å². The third kappa shape index (κ3) is 8.90. The largest absolute Gasteiger partial charge is 0.497 e. The molecule has 5 atom stereocenters. The lowest BCUT2D eigenvalue weighted by molar-refractivity contribution is -0.141. The topological polar surface area (TPSA) is 182 Å². The van der Waals surface area contributed by atoms with Crippen molar-refractivity contribution in [2.24, 2.45) is 17.8 Å². The number of pyridine rings is 1. The van der Waals surface area contributed by atoms with Crippen LogP contribution in [0.1, 0.15) is 79.6 Å². The molecule has 1 saturated heterocycles. The predicted octanol–water partition coefficient (Wildman–Crippen LogP) is 5.65. The zero-order valence-corrected chi connectivity index (χ0v) is 35.4. The van der Waals surface area contributed by atoms with Crippen LogP contribution in [0.5, 0.6) is 11.5 Å². The zero-order valence-electron chi connectivity index (χ0n) is 34.6. The van der Waals surface area contributed by atoms with Gasteiger partial charge in [-0.1, -0.05) is 63.1 Å². The number of rotatable bonds is 15. The maximum absolute atomic E-state index is 14.6. The van der Waals surface area contributed by atoms with Gasteiger partial charge < -0.3 is 29.7 Å². The SMILES string of the molecule is C=C[C@H]1C[C@]1(NC(=O)[C@@H]1C[C@@H](Oc2cc(-c3ccccc3)nc3cc(OC)ccc23)CN1C(=O)[C@@H](NC(=O)OC(C)(C)C)C(C)C)C(=O)NS(=O)(=O)C1(CC2CC2)CC1. The van der Waals surface area contributed by atoms with Crippen LogP contribution in [-0.2, 0) is 29.1 Å². The number of ether oxygens (including phenoxy) is 3. The molecule has 4 amide bonds. The summed E-state index contributed by atoms with van der Waals surface area (Å²) in [5.74, 6) is -1.55. The number of carbonyl (C=O) groups is 4. The van der Waals surface area contributed by atoms with Gasteiger partial charge in [0.2, 0.25) is 21.8 Å². The van der Waals surface area contributed by atoms with Gasteiger partial charge in [-0.2, -0.15) is 0 Å². The molecule has 4 fully saturated rings. The van der Waals surface area contributed by atoms with E-state index in [9.17, 15) is 27.6 Å². The number of benzene rings is 2. The number of methoxy groups -OCH3 is 1. The van der Waals surface area contributed by atoms with Crippen LogP contribution in [0.2, 0.25) is 0 Å². The van der Waals surface area contributed by atoms with E-state index in [0.717, 1.165) is 18.4 Å². The van der Waals surface area contributed by atoms with Gasteiger partial charge in [0.25, 0.3) is 5.91 Å². The molecule has 3 N–H and O–H groups in total. The van der Waals surface area contributed by atoms with Crippen molar-refractivity contribution in [2.45, 2.75) is 114 Å². The summed E-state index contributed by atoms with van der Waals surface area (Å²) in [6.45, 7) is 12.5. The molecule has 0 bridgehead atoms. The number of amides is 4. The van der Waals surface area contributed by atoms with Gasteiger partial charge in [-0.15, -0.1) is 6.58 Å². The number of aromatic nitrogens is 1. The molecule has 3 aliphatic carbocycles. The van der Waals surface area contributed by atoms with Gasteiger partial charge in [-0.25, -0.2) is 18.2 Å². The Morgan fingerprint density at radius 3 is 2.36 bits per heavy atom. The highest BCUT2D eigenvalue weighted by Gasteiger charge is 2.64. The van der Waals surface area contributed by atoms with Crippen LogP contribution < -0.4 is 24.8 Å². The van der Waals surface area contributed by atoms with Crippen molar-refractivity contribution in [1.82, 2.24) is 25.2 Å². The molecule has 316 valence electrons. The minimum absolute atomic E-state index is 0.0225. The Labute approximate surface area is 345 Å². The molecule has 3 aromatic rings. The first-order chi connectivity index (χ1) is 27.9. The van der Waals surface area contributed by atoms with Crippen LogP contribution in [0.15, 0.2) is 67.3 Å². The minimum atomic E-state index is -4.03. The minimum Gasteiger partial charge on any atom is -0.497 e. The zero-order chi connectivity index (χ0) is 42.5. The van der Waals surface area contributed by atoms with Crippen molar-refractivity contribution in [3.63, 3.8) is 0 Å². The lowest BCUT2D eigenvalue weighted by Gasteiger charge is -2.31. The molecule has 2 aromatic carbocycles. The fourth-order valence-corrected chi connectivity index (χ4v) is 9.80. The predicted molar refractivity (Wildman–Crippen MR) is 222 cm³/mol. The molecule has 59 heavy (non-hydrogen) atoms. The summed E-state index contributed by atoms with van der Waals surface area (Å²) in [7, 11) is -2.46. The molecular weight excluding hydrogens is 775 g/mol. The molecule has 0 spiro atoms. The highest BCUT2D eigenvalue weighted by Crippen LogP contribution is 2.53. The summed E-state index contributed by atoms with van der Waals surface area (Å²) < 4.78 is 46.3. The Morgan fingerprint density at radius 1 is 1.05 bits per heavy atom. The highest BCUT2D eigenvalue weighted by atomic mass is 32.2. The third-order valence-electron chi connectivity index (χ3n) is 11.8. The van der Waals surface area contributed by atoms with E-state index in [2.05, 4.69) is 21.9 Å². The maximum atomic E-state index is 14.6. The number of nitrogens with one attached hydrogen (secondary N) is 3. The summed E-state index contributed by atoms with van der Waals surface area (Å²) >= 11 is 0. The summed E-state index contributed by atoms with van der Waals surface area (Å²) in [5, 5.41) is 6.25. The molecule has 0 radical (unpaired) electrons. The first kappa shape index (κ1) is 42.0. The van der Waals surface area contributed by atoms with Crippen LogP contribution in [0, 0.1) is 17.8 Å². The van der Waals surface area contributed by atoms with Gasteiger partial charge in [0, 0.05) is 35.4 Å². The molecule has 15 heteroatoms. The van der Waals surface area contributed by atoms with E-state index < -0.39 is 79.7 Å². The van der Waals surface area contributed by atoms with Crippen LogP contribution in [-0.4, -0.2) is 89.8 Å². The number of nitrogens with zero attached hydrogens (tertiary/aromatic N) is 2. The van der Waals surface area contributed by atoms with Crippen molar-refractivity contribution in [3.05, 3.63) is 67.3 Å². The standard InChI is InChI=1S/C44H55N5O9S/c1-8-29-24-44(29,40(52)48-59(54,55)43(18-19-43)23-27-14-15-27)47-38(50)35-21-31(25-49(35)39(51)37(26(2)3)46-41(53)58-42(4,5)6)57-36-22-33(28-12-10-9-11-13-28)45-34-20-30(56-7)16-17-32(34)36/h8-13,16-17,20,22,26-27,29,31,35,37H,1,14-15,18-19,21,23-25H2,2-7H3,(H,46,53)(H,47,50)(H,48,52)/t29-,31+,35-,37-,44+/m0/s1. The third-order valence-corrected chi connectivity index (χ3v) is 14.0. The lowest BCUT2D eigenvalue weighted by Crippen LogP contribution is -2.59. The van der Waals surface area contributed by atoms with E-state index in [-0.39, 0.29) is 19.4 Å². The Hall–Kier alpha value is -5.18. The fourth-order valence-electron chi connectivity index (χ4n) is 8.07.